The molecule has 5 heteroatoms. The molecule has 1 atom stereocenters. The fourth-order valence-electron chi connectivity index (χ4n) is 1.73. The van der Waals surface area contributed by atoms with E-state index in [1.54, 1.807) is 6.92 Å². The number of hydrogen-bond donors (Lipinski definition) is 1. The zero-order chi connectivity index (χ0) is 12.7. The van der Waals surface area contributed by atoms with Crippen LogP contribution in [0.3, 0.4) is 0 Å². The number of unbranched alkanes of at least 4 members (excludes halogenated alkanes) is 3. The van der Waals surface area contributed by atoms with E-state index in [1.807, 2.05) is 6.07 Å². The van der Waals surface area contributed by atoms with Gasteiger partial charge < -0.3 is 0 Å². The second-order valence-electron chi connectivity index (χ2n) is 3.98. The van der Waals surface area contributed by atoms with Crippen molar-refractivity contribution in [2.24, 2.45) is 0 Å². The molecule has 1 N–H and O–H groups in total. The van der Waals surface area contributed by atoms with Gasteiger partial charge in [0, 0.05) is 0 Å². The third-order valence-electron chi connectivity index (χ3n) is 2.99. The van der Waals surface area contributed by atoms with Gasteiger partial charge in [0.25, 0.3) is 0 Å². The first-order chi connectivity index (χ1) is 7.49. The molecule has 0 aliphatic rings. The van der Waals surface area contributed by atoms with Crippen molar-refractivity contribution in [3.8, 4) is 6.07 Å². The van der Waals surface area contributed by atoms with Crippen molar-refractivity contribution in [1.29, 1.82) is 5.26 Å². The quantitative estimate of drug-likeness (QED) is 0.667. The Bertz CT molecular complexity index is 332. The molecule has 0 aromatic carbocycles. The van der Waals surface area contributed by atoms with Gasteiger partial charge in [0.15, 0.2) is 4.75 Å². The number of sulfonamides is 1. The van der Waals surface area contributed by atoms with Gasteiger partial charge in [0.05, 0.1) is 6.07 Å². The maximum absolute atomic E-state index is 11.8. The van der Waals surface area contributed by atoms with E-state index in [0.717, 1.165) is 25.7 Å². The maximum Gasteiger partial charge on any atom is 0.230 e. The first kappa shape index (κ1) is 15.4. The smallest absolute Gasteiger partial charge is 0.217 e. The van der Waals surface area contributed by atoms with Gasteiger partial charge in [0.1, 0.15) is 0 Å². The summed E-state index contributed by atoms with van der Waals surface area (Å²) in [6, 6.07) is 1.98. The molecular weight excluding hydrogens is 224 g/mol. The summed E-state index contributed by atoms with van der Waals surface area (Å²) < 4.78 is 24.6. The molecule has 0 aromatic heterocycles. The molecule has 0 fully saturated rings. The lowest BCUT2D eigenvalue weighted by atomic mass is 9.99. The van der Waals surface area contributed by atoms with Crippen LogP contribution in [-0.4, -0.2) is 20.2 Å². The van der Waals surface area contributed by atoms with E-state index in [4.69, 9.17) is 5.26 Å². The Morgan fingerprint density at radius 3 is 2.25 bits per heavy atom. The van der Waals surface area contributed by atoms with Crippen molar-refractivity contribution in [3.05, 3.63) is 0 Å². The summed E-state index contributed by atoms with van der Waals surface area (Å²) >= 11 is 0. The minimum Gasteiger partial charge on any atom is -0.217 e. The predicted octanol–water partition coefficient (Wildman–Crippen LogP) is 2.18. The number of hydrogen-bond acceptors (Lipinski definition) is 3. The summed E-state index contributed by atoms with van der Waals surface area (Å²) in [5.74, 6) is 0. The summed E-state index contributed by atoms with van der Waals surface area (Å²) in [5, 5.41) is 9.13. The Labute approximate surface area is 99.1 Å². The molecule has 0 amide bonds. The van der Waals surface area contributed by atoms with Crippen LogP contribution in [0, 0.1) is 11.3 Å². The van der Waals surface area contributed by atoms with Crippen molar-refractivity contribution in [2.75, 3.05) is 7.05 Å². The molecule has 0 bridgehead atoms. The Balaban J connectivity index is 4.67. The van der Waals surface area contributed by atoms with Crippen LogP contribution in [-0.2, 0) is 10.0 Å². The second-order valence-corrected chi connectivity index (χ2v) is 6.17. The largest absolute Gasteiger partial charge is 0.230 e. The molecule has 0 radical (unpaired) electrons. The van der Waals surface area contributed by atoms with Crippen LogP contribution >= 0.6 is 0 Å². The summed E-state index contributed by atoms with van der Waals surface area (Å²) in [7, 11) is -2.16. The average molecular weight is 246 g/mol. The van der Waals surface area contributed by atoms with Crippen LogP contribution in [0.4, 0.5) is 0 Å². The molecule has 0 heterocycles. The molecule has 0 rings (SSSR count). The first-order valence-electron chi connectivity index (χ1n) is 5.84. The van der Waals surface area contributed by atoms with Gasteiger partial charge in [-0.3, -0.25) is 0 Å². The number of nitrogens with one attached hydrogen (secondary N) is 1. The average Bonchev–Trinajstić information content (AvgIpc) is 2.29. The van der Waals surface area contributed by atoms with Gasteiger partial charge in [0.2, 0.25) is 10.0 Å². The van der Waals surface area contributed by atoms with Crippen LogP contribution in [0.1, 0.15) is 52.4 Å². The van der Waals surface area contributed by atoms with Crippen LogP contribution in [0.2, 0.25) is 0 Å². The normalized spacial score (nSPS) is 15.4. The lowest BCUT2D eigenvalue weighted by Crippen LogP contribution is -2.43. The highest BCUT2D eigenvalue weighted by Gasteiger charge is 2.41. The van der Waals surface area contributed by atoms with E-state index in [9.17, 15) is 8.42 Å². The molecule has 0 aromatic rings. The van der Waals surface area contributed by atoms with Gasteiger partial charge in [-0.25, -0.2) is 13.1 Å². The summed E-state index contributed by atoms with van der Waals surface area (Å²) in [5.41, 5.74) is 0. The predicted molar refractivity (Wildman–Crippen MR) is 65.4 cm³/mol. The van der Waals surface area contributed by atoms with Gasteiger partial charge in [-0.1, -0.05) is 39.5 Å². The third-order valence-corrected chi connectivity index (χ3v) is 5.14. The van der Waals surface area contributed by atoms with Crippen molar-refractivity contribution in [1.82, 2.24) is 4.72 Å². The van der Waals surface area contributed by atoms with E-state index in [-0.39, 0.29) is 0 Å². The van der Waals surface area contributed by atoms with Gasteiger partial charge in [-0.2, -0.15) is 5.26 Å². The molecule has 1 unspecified atom stereocenters. The van der Waals surface area contributed by atoms with E-state index >= 15 is 0 Å². The van der Waals surface area contributed by atoms with Crippen LogP contribution in [0.15, 0.2) is 0 Å². The first-order valence-corrected chi connectivity index (χ1v) is 7.32. The van der Waals surface area contributed by atoms with Crippen molar-refractivity contribution in [3.63, 3.8) is 0 Å². The zero-order valence-electron chi connectivity index (χ0n) is 10.4. The summed E-state index contributed by atoms with van der Waals surface area (Å²) in [4.78, 5) is 0. The maximum atomic E-state index is 11.8. The molecule has 0 saturated heterocycles. The fourth-order valence-corrected chi connectivity index (χ4v) is 3.03. The van der Waals surface area contributed by atoms with Gasteiger partial charge >= 0.3 is 0 Å². The monoisotopic (exact) mass is 246 g/mol. The second kappa shape index (κ2) is 6.87. The third kappa shape index (κ3) is 3.46. The molecule has 0 aliphatic carbocycles. The zero-order valence-corrected chi connectivity index (χ0v) is 11.2. The lowest BCUT2D eigenvalue weighted by Gasteiger charge is -2.24. The van der Waals surface area contributed by atoms with E-state index < -0.39 is 14.8 Å². The van der Waals surface area contributed by atoms with Crippen molar-refractivity contribution < 1.29 is 8.42 Å². The van der Waals surface area contributed by atoms with Crippen LogP contribution < -0.4 is 4.72 Å². The Morgan fingerprint density at radius 1 is 1.25 bits per heavy atom. The molecule has 4 nitrogen and oxygen atoms in total. The fraction of sp³-hybridized carbons (Fsp3) is 0.909. The van der Waals surface area contributed by atoms with E-state index in [1.165, 1.54) is 7.05 Å². The van der Waals surface area contributed by atoms with Crippen molar-refractivity contribution >= 4 is 10.0 Å². The Morgan fingerprint density at radius 2 is 1.88 bits per heavy atom. The van der Waals surface area contributed by atoms with Crippen molar-refractivity contribution in [2.45, 2.75) is 57.1 Å². The number of nitrogens with zero attached hydrogens (tertiary/aromatic N) is 1. The number of rotatable bonds is 8. The number of nitriles is 1. The Kier molecular flexibility index (Phi) is 6.61. The highest BCUT2D eigenvalue weighted by Crippen LogP contribution is 2.27. The highest BCUT2D eigenvalue weighted by molar-refractivity contribution is 7.91. The van der Waals surface area contributed by atoms with Gasteiger partial charge in [-0.15, -0.1) is 0 Å². The SMILES string of the molecule is CCCCCCC(C#N)(CC)S(=O)(=O)NC. The highest BCUT2D eigenvalue weighted by atomic mass is 32.2. The molecule has 16 heavy (non-hydrogen) atoms. The van der Waals surface area contributed by atoms with Crippen LogP contribution in [0.5, 0.6) is 0 Å². The molecular formula is C11H22N2O2S. The molecule has 0 saturated carbocycles. The minimum atomic E-state index is -3.52. The minimum absolute atomic E-state index is 0.332. The van der Waals surface area contributed by atoms with E-state index in [0.29, 0.717) is 12.8 Å². The van der Waals surface area contributed by atoms with E-state index in [2.05, 4.69) is 11.6 Å². The molecule has 0 spiro atoms. The lowest BCUT2D eigenvalue weighted by molar-refractivity contribution is 0.499. The Hall–Kier alpha value is -0.600. The van der Waals surface area contributed by atoms with Crippen LogP contribution in [0.25, 0.3) is 0 Å². The summed E-state index contributed by atoms with van der Waals surface area (Å²) in [6.45, 7) is 3.85. The van der Waals surface area contributed by atoms with Gasteiger partial charge in [-0.05, 0) is 19.9 Å². The molecule has 0 aliphatic heterocycles. The standard InChI is InChI=1S/C11H22N2O2S/c1-4-6-7-8-9-11(5-2,10-12)16(14,15)13-3/h13H,4-9H2,1-3H3. The topological polar surface area (TPSA) is 70.0 Å². The summed E-state index contributed by atoms with van der Waals surface area (Å²) in [6.07, 6.45) is 4.71. The molecule has 94 valence electrons.